The number of nitrogens with one attached hydrogen (secondary N) is 1. The zero-order valence-electron chi connectivity index (χ0n) is 10.9. The highest BCUT2D eigenvalue weighted by Gasteiger charge is 2.08. The number of ether oxygens (including phenoxy) is 1. The molecule has 0 unspecified atom stereocenters. The fourth-order valence-corrected chi connectivity index (χ4v) is 2.79. The molecule has 0 saturated carbocycles. The normalized spacial score (nSPS) is 10.7. The first kappa shape index (κ1) is 12.7. The molecule has 1 aromatic carbocycles. The second-order valence-electron chi connectivity index (χ2n) is 4.22. The van der Waals surface area contributed by atoms with Crippen molar-refractivity contribution in [2.45, 2.75) is 6.54 Å². The van der Waals surface area contributed by atoms with E-state index in [2.05, 4.69) is 10.3 Å². The predicted molar refractivity (Wildman–Crippen MR) is 77.2 cm³/mol. The van der Waals surface area contributed by atoms with Gasteiger partial charge >= 0.3 is 0 Å². The molecule has 5 nitrogen and oxygen atoms in total. The van der Waals surface area contributed by atoms with E-state index in [0.29, 0.717) is 17.9 Å². The Bertz CT molecular complexity index is 748. The van der Waals surface area contributed by atoms with Gasteiger partial charge in [-0.1, -0.05) is 6.07 Å². The van der Waals surface area contributed by atoms with Crippen molar-refractivity contribution in [1.82, 2.24) is 14.7 Å². The summed E-state index contributed by atoms with van der Waals surface area (Å²) in [5, 5.41) is 4.89. The first-order chi connectivity index (χ1) is 9.78. The summed E-state index contributed by atoms with van der Waals surface area (Å²) >= 11 is 1.55. The van der Waals surface area contributed by atoms with Gasteiger partial charge in [-0.15, -0.1) is 11.3 Å². The summed E-state index contributed by atoms with van der Waals surface area (Å²) < 4.78 is 7.08. The molecule has 3 rings (SSSR count). The molecule has 2 aromatic heterocycles. The number of aromatic nitrogens is 2. The predicted octanol–water partition coefficient (Wildman–Crippen LogP) is 2.33. The van der Waals surface area contributed by atoms with Crippen molar-refractivity contribution >= 4 is 22.2 Å². The molecule has 0 radical (unpaired) electrons. The van der Waals surface area contributed by atoms with Crippen LogP contribution in [-0.4, -0.2) is 22.4 Å². The molecule has 0 bridgehead atoms. The summed E-state index contributed by atoms with van der Waals surface area (Å²) in [4.78, 5) is 17.2. The highest BCUT2D eigenvalue weighted by atomic mass is 32.1. The summed E-state index contributed by atoms with van der Waals surface area (Å²) in [7, 11) is 1.58. The fraction of sp³-hybridized carbons (Fsp3) is 0.143. The van der Waals surface area contributed by atoms with Crippen LogP contribution in [0.5, 0.6) is 5.75 Å². The number of nitrogens with zero attached hydrogens (tertiary/aromatic N) is 2. The van der Waals surface area contributed by atoms with Gasteiger partial charge in [-0.3, -0.25) is 9.20 Å². The van der Waals surface area contributed by atoms with Crippen molar-refractivity contribution in [1.29, 1.82) is 0 Å². The lowest BCUT2D eigenvalue weighted by molar-refractivity contribution is 0.0950. The molecule has 3 aromatic rings. The Morgan fingerprint density at radius 3 is 3.25 bits per heavy atom. The van der Waals surface area contributed by atoms with Gasteiger partial charge in [0.15, 0.2) is 4.96 Å². The molecule has 1 amide bonds. The lowest BCUT2D eigenvalue weighted by atomic mass is 10.2. The summed E-state index contributed by atoms with van der Waals surface area (Å²) in [6.07, 6.45) is 3.64. The molecule has 0 aliphatic heterocycles. The van der Waals surface area contributed by atoms with Crippen LogP contribution in [0.15, 0.2) is 42.0 Å². The summed E-state index contributed by atoms with van der Waals surface area (Å²) in [6, 6.07) is 7.09. The van der Waals surface area contributed by atoms with E-state index in [1.807, 2.05) is 22.0 Å². The largest absolute Gasteiger partial charge is 0.497 e. The molecule has 0 fully saturated rings. The number of hydrogen-bond donors (Lipinski definition) is 1. The molecule has 0 spiro atoms. The number of carbonyl (C=O) groups is 1. The highest BCUT2D eigenvalue weighted by molar-refractivity contribution is 7.15. The Kier molecular flexibility index (Phi) is 3.39. The number of amides is 1. The van der Waals surface area contributed by atoms with E-state index >= 15 is 0 Å². The van der Waals surface area contributed by atoms with E-state index in [9.17, 15) is 4.79 Å². The summed E-state index contributed by atoms with van der Waals surface area (Å²) in [5.74, 6) is 0.550. The lowest BCUT2D eigenvalue weighted by Crippen LogP contribution is -2.23. The Labute approximate surface area is 119 Å². The third-order valence-corrected chi connectivity index (χ3v) is 3.88. The highest BCUT2D eigenvalue weighted by Crippen LogP contribution is 2.15. The van der Waals surface area contributed by atoms with Gasteiger partial charge < -0.3 is 10.1 Å². The van der Waals surface area contributed by atoms with Crippen LogP contribution in [0.25, 0.3) is 4.96 Å². The summed E-state index contributed by atoms with van der Waals surface area (Å²) in [5.41, 5.74) is 1.60. The third-order valence-electron chi connectivity index (χ3n) is 2.98. The van der Waals surface area contributed by atoms with Gasteiger partial charge in [-0.2, -0.15) is 0 Å². The summed E-state index contributed by atoms with van der Waals surface area (Å²) in [6.45, 7) is 0.465. The molecule has 20 heavy (non-hydrogen) atoms. The lowest BCUT2D eigenvalue weighted by Gasteiger charge is -2.06. The van der Waals surface area contributed by atoms with Crippen LogP contribution in [0.1, 0.15) is 16.1 Å². The zero-order valence-corrected chi connectivity index (χ0v) is 11.7. The number of rotatable bonds is 4. The average Bonchev–Trinajstić information content (AvgIpc) is 3.08. The first-order valence-corrected chi connectivity index (χ1v) is 6.97. The molecule has 2 heterocycles. The Morgan fingerprint density at radius 2 is 2.40 bits per heavy atom. The van der Waals surface area contributed by atoms with Crippen LogP contribution < -0.4 is 10.1 Å². The molecular weight excluding hydrogens is 274 g/mol. The van der Waals surface area contributed by atoms with E-state index in [4.69, 9.17) is 4.74 Å². The Balaban J connectivity index is 1.71. The third kappa shape index (κ3) is 2.37. The van der Waals surface area contributed by atoms with Crippen LogP contribution in [0.3, 0.4) is 0 Å². The number of methoxy groups -OCH3 is 1. The van der Waals surface area contributed by atoms with Crippen molar-refractivity contribution in [2.24, 2.45) is 0 Å². The maximum Gasteiger partial charge on any atom is 0.251 e. The molecule has 102 valence electrons. The number of fused-ring (bicyclic) bond motifs is 1. The molecule has 0 aliphatic rings. The quantitative estimate of drug-likeness (QED) is 0.801. The molecular formula is C14H13N3O2S. The zero-order chi connectivity index (χ0) is 13.9. The van der Waals surface area contributed by atoms with Crippen LogP contribution >= 0.6 is 11.3 Å². The van der Waals surface area contributed by atoms with Crippen LogP contribution in [0, 0.1) is 0 Å². The fourth-order valence-electron chi connectivity index (χ4n) is 1.94. The van der Waals surface area contributed by atoms with Gasteiger partial charge in [0.1, 0.15) is 5.75 Å². The minimum Gasteiger partial charge on any atom is -0.497 e. The second kappa shape index (κ2) is 5.34. The standard InChI is InChI=1S/C14H13N3O2S/c1-19-12-4-2-3-10(7-12)13(18)16-8-11-9-20-14-15-5-6-17(11)14/h2-7,9H,8H2,1H3,(H,16,18). The maximum atomic E-state index is 12.1. The van der Waals surface area contributed by atoms with E-state index in [1.54, 1.807) is 42.8 Å². The maximum absolute atomic E-state index is 12.1. The molecule has 6 heteroatoms. The number of imidazole rings is 1. The van der Waals surface area contributed by atoms with Crippen molar-refractivity contribution < 1.29 is 9.53 Å². The second-order valence-corrected chi connectivity index (χ2v) is 5.06. The average molecular weight is 287 g/mol. The monoisotopic (exact) mass is 287 g/mol. The number of hydrogen-bond acceptors (Lipinski definition) is 4. The number of thiazole rings is 1. The molecule has 0 aliphatic carbocycles. The minimum absolute atomic E-state index is 0.122. The van der Waals surface area contributed by atoms with E-state index in [-0.39, 0.29) is 5.91 Å². The SMILES string of the molecule is COc1cccc(C(=O)NCc2csc3nccn23)c1. The molecule has 1 N–H and O–H groups in total. The van der Waals surface area contributed by atoms with Crippen molar-refractivity contribution in [3.63, 3.8) is 0 Å². The van der Waals surface area contributed by atoms with E-state index in [0.717, 1.165) is 10.7 Å². The van der Waals surface area contributed by atoms with E-state index in [1.165, 1.54) is 0 Å². The first-order valence-electron chi connectivity index (χ1n) is 6.09. The molecule has 0 saturated heterocycles. The van der Waals surface area contributed by atoms with Gasteiger partial charge in [0.2, 0.25) is 0 Å². The Hall–Kier alpha value is -2.34. The van der Waals surface area contributed by atoms with Crippen LogP contribution in [-0.2, 0) is 6.54 Å². The number of carbonyl (C=O) groups excluding carboxylic acids is 1. The molecule has 0 atom stereocenters. The van der Waals surface area contributed by atoms with Crippen molar-refractivity contribution in [3.8, 4) is 5.75 Å². The minimum atomic E-state index is -0.122. The topological polar surface area (TPSA) is 55.6 Å². The Morgan fingerprint density at radius 1 is 1.50 bits per heavy atom. The smallest absolute Gasteiger partial charge is 0.251 e. The van der Waals surface area contributed by atoms with Crippen LogP contribution in [0.2, 0.25) is 0 Å². The number of benzene rings is 1. The van der Waals surface area contributed by atoms with Crippen molar-refractivity contribution in [3.05, 3.63) is 53.3 Å². The van der Waals surface area contributed by atoms with Gasteiger partial charge in [0.25, 0.3) is 5.91 Å². The van der Waals surface area contributed by atoms with Crippen molar-refractivity contribution in [2.75, 3.05) is 7.11 Å². The van der Waals surface area contributed by atoms with Crippen LogP contribution in [0.4, 0.5) is 0 Å². The van der Waals surface area contributed by atoms with Gasteiger partial charge in [0, 0.05) is 23.3 Å². The van der Waals surface area contributed by atoms with Gasteiger partial charge in [-0.05, 0) is 18.2 Å². The van der Waals surface area contributed by atoms with Gasteiger partial charge in [0.05, 0.1) is 19.3 Å². The van der Waals surface area contributed by atoms with Gasteiger partial charge in [-0.25, -0.2) is 4.98 Å². The van der Waals surface area contributed by atoms with E-state index < -0.39 is 0 Å².